The standard InChI is InChI=1S/C26H20O6/c27-19-13-7-5-11-12-6-8-14-18(24-26(32-24)22(30)20(14)28)16(12)10-4-2-1-3-9(10)15(11)17(13)23-25(31-23)21(19)29/h1-8,19-30H/t19-,20+,21+,22-,23+,24-,25-,26+. The van der Waals surface area contributed by atoms with E-state index in [-0.39, 0.29) is 24.4 Å². The third-order valence-electron chi connectivity index (χ3n) is 7.89. The van der Waals surface area contributed by atoms with E-state index in [1.807, 2.05) is 36.4 Å². The highest BCUT2D eigenvalue weighted by atomic mass is 16.6. The molecule has 4 aromatic rings. The van der Waals surface area contributed by atoms with E-state index >= 15 is 0 Å². The van der Waals surface area contributed by atoms with Gasteiger partial charge in [0, 0.05) is 0 Å². The van der Waals surface area contributed by atoms with Crippen LogP contribution >= 0.6 is 0 Å². The molecule has 2 aliphatic carbocycles. The first-order valence-electron chi connectivity index (χ1n) is 11.0. The minimum absolute atomic E-state index is 0.223. The van der Waals surface area contributed by atoms with Gasteiger partial charge in [-0.2, -0.15) is 0 Å². The average molecular weight is 428 g/mol. The van der Waals surface area contributed by atoms with Gasteiger partial charge in [0.2, 0.25) is 0 Å². The highest BCUT2D eigenvalue weighted by Crippen LogP contribution is 2.57. The number of rotatable bonds is 0. The lowest BCUT2D eigenvalue weighted by atomic mass is 9.78. The zero-order chi connectivity index (χ0) is 21.5. The molecular weight excluding hydrogens is 408 g/mol. The maximum absolute atomic E-state index is 10.7. The SMILES string of the molecule is O[C@@H]1[C@H]2O[C@H]2c2c(ccc3c4ccc5c(c4c4ccccc4c23)[C@H]2O[C@H]2[C@H](O)[C@H]5O)[C@H]1O. The smallest absolute Gasteiger partial charge is 0.118 e. The largest absolute Gasteiger partial charge is 0.387 e. The number of benzene rings is 4. The molecule has 0 spiro atoms. The van der Waals surface area contributed by atoms with Gasteiger partial charge in [-0.3, -0.25) is 0 Å². The fourth-order valence-electron chi connectivity index (χ4n) is 6.31. The second-order valence-electron chi connectivity index (χ2n) is 9.44. The highest BCUT2D eigenvalue weighted by Gasteiger charge is 2.56. The van der Waals surface area contributed by atoms with Crippen LogP contribution in [0.25, 0.3) is 32.3 Å². The number of epoxide rings is 2. The molecule has 4 N–H and O–H groups in total. The van der Waals surface area contributed by atoms with Crippen molar-refractivity contribution in [2.24, 2.45) is 0 Å². The number of hydrogen-bond acceptors (Lipinski definition) is 6. The molecule has 0 bridgehead atoms. The average Bonchev–Trinajstić information content (AvgIpc) is 3.73. The fraction of sp³-hybridized carbons (Fsp3) is 0.308. The van der Waals surface area contributed by atoms with Crippen LogP contribution in [-0.2, 0) is 9.47 Å². The molecule has 0 radical (unpaired) electrons. The second-order valence-corrected chi connectivity index (χ2v) is 9.44. The zero-order valence-corrected chi connectivity index (χ0v) is 16.8. The summed E-state index contributed by atoms with van der Waals surface area (Å²) in [6.07, 6.45) is -4.99. The molecule has 160 valence electrons. The van der Waals surface area contributed by atoms with Crippen molar-refractivity contribution in [3.8, 4) is 0 Å². The molecule has 4 aromatic carbocycles. The molecule has 2 heterocycles. The van der Waals surface area contributed by atoms with Crippen LogP contribution in [-0.4, -0.2) is 44.8 Å². The van der Waals surface area contributed by atoms with E-state index in [9.17, 15) is 20.4 Å². The van der Waals surface area contributed by atoms with E-state index in [2.05, 4.69) is 12.1 Å². The first-order valence-corrected chi connectivity index (χ1v) is 11.0. The Balaban J connectivity index is 1.56. The molecule has 0 aromatic heterocycles. The summed E-state index contributed by atoms with van der Waals surface area (Å²) >= 11 is 0. The van der Waals surface area contributed by atoms with Crippen molar-refractivity contribution in [3.63, 3.8) is 0 Å². The van der Waals surface area contributed by atoms with Crippen LogP contribution in [0.3, 0.4) is 0 Å². The Morgan fingerprint density at radius 2 is 0.938 bits per heavy atom. The van der Waals surface area contributed by atoms with Crippen molar-refractivity contribution in [1.29, 1.82) is 0 Å². The Hall–Kier alpha value is -2.58. The summed E-state index contributed by atoms with van der Waals surface area (Å²) in [6, 6.07) is 15.9. The first kappa shape index (κ1) is 17.9. The zero-order valence-electron chi connectivity index (χ0n) is 16.8. The van der Waals surface area contributed by atoms with Crippen LogP contribution in [0.2, 0.25) is 0 Å². The molecule has 6 nitrogen and oxygen atoms in total. The maximum atomic E-state index is 10.7. The maximum Gasteiger partial charge on any atom is 0.118 e. The van der Waals surface area contributed by atoms with Gasteiger partial charge in [-0.25, -0.2) is 0 Å². The molecule has 2 saturated heterocycles. The van der Waals surface area contributed by atoms with Crippen molar-refractivity contribution < 1.29 is 29.9 Å². The molecule has 0 unspecified atom stereocenters. The number of aliphatic hydroxyl groups is 4. The van der Waals surface area contributed by atoms with Crippen LogP contribution in [0, 0.1) is 0 Å². The monoisotopic (exact) mass is 428 g/mol. The lowest BCUT2D eigenvalue weighted by Crippen LogP contribution is -2.29. The number of fused-ring (bicyclic) bond motifs is 14. The predicted octanol–water partition coefficient (Wildman–Crippen LogP) is 2.84. The molecule has 0 amide bonds. The van der Waals surface area contributed by atoms with Crippen molar-refractivity contribution in [1.82, 2.24) is 0 Å². The Kier molecular flexibility index (Phi) is 3.17. The van der Waals surface area contributed by atoms with Crippen LogP contribution in [0.15, 0.2) is 48.5 Å². The van der Waals surface area contributed by atoms with E-state index in [0.29, 0.717) is 0 Å². The molecule has 0 saturated carbocycles. The Labute approximate surface area is 182 Å². The van der Waals surface area contributed by atoms with E-state index < -0.39 is 24.4 Å². The van der Waals surface area contributed by atoms with E-state index in [1.165, 1.54) is 0 Å². The van der Waals surface area contributed by atoms with Gasteiger partial charge in [0.05, 0.1) is 0 Å². The third-order valence-corrected chi connectivity index (χ3v) is 7.89. The summed E-state index contributed by atoms with van der Waals surface area (Å²) in [5.74, 6) is 0. The summed E-state index contributed by atoms with van der Waals surface area (Å²) in [6.45, 7) is 0. The van der Waals surface area contributed by atoms with E-state index in [1.54, 1.807) is 0 Å². The Morgan fingerprint density at radius 1 is 0.531 bits per heavy atom. The summed E-state index contributed by atoms with van der Waals surface area (Å²) < 4.78 is 11.6. The van der Waals surface area contributed by atoms with Crippen LogP contribution < -0.4 is 0 Å². The van der Waals surface area contributed by atoms with Gasteiger partial charge < -0.3 is 29.9 Å². The second kappa shape index (κ2) is 5.66. The summed E-state index contributed by atoms with van der Waals surface area (Å²) in [4.78, 5) is 0. The van der Waals surface area contributed by atoms with Crippen molar-refractivity contribution in [3.05, 3.63) is 70.8 Å². The molecule has 32 heavy (non-hydrogen) atoms. The predicted molar refractivity (Wildman–Crippen MR) is 116 cm³/mol. The van der Waals surface area contributed by atoms with Gasteiger partial charge in [0.25, 0.3) is 0 Å². The molecule has 4 aliphatic rings. The summed E-state index contributed by atoms with van der Waals surface area (Å²) in [5.41, 5.74) is 3.35. The van der Waals surface area contributed by atoms with Crippen LogP contribution in [0.1, 0.15) is 46.7 Å². The number of ether oxygens (including phenoxy) is 2. The lowest BCUT2D eigenvalue weighted by molar-refractivity contribution is 0.0000936. The first-order chi connectivity index (χ1) is 15.6. The lowest BCUT2D eigenvalue weighted by Gasteiger charge is -2.27. The van der Waals surface area contributed by atoms with Gasteiger partial charge in [-0.15, -0.1) is 0 Å². The third kappa shape index (κ3) is 1.98. The van der Waals surface area contributed by atoms with Gasteiger partial charge in [0.15, 0.2) is 0 Å². The minimum atomic E-state index is -0.978. The molecule has 2 fully saturated rings. The fourth-order valence-corrected chi connectivity index (χ4v) is 6.31. The topological polar surface area (TPSA) is 106 Å². The van der Waals surface area contributed by atoms with Crippen molar-refractivity contribution >= 4 is 32.3 Å². The minimum Gasteiger partial charge on any atom is -0.387 e. The van der Waals surface area contributed by atoms with Gasteiger partial charge in [0.1, 0.15) is 48.8 Å². The number of hydrogen-bond donors (Lipinski definition) is 4. The Bertz CT molecular complexity index is 1360. The van der Waals surface area contributed by atoms with Gasteiger partial charge in [-0.05, 0) is 54.6 Å². The van der Waals surface area contributed by atoms with Gasteiger partial charge in [-0.1, -0.05) is 48.5 Å². The molecular formula is C26H20O6. The van der Waals surface area contributed by atoms with Crippen LogP contribution in [0.5, 0.6) is 0 Å². The molecule has 2 aliphatic heterocycles. The molecule has 8 atom stereocenters. The van der Waals surface area contributed by atoms with Crippen molar-refractivity contribution in [2.75, 3.05) is 0 Å². The van der Waals surface area contributed by atoms with Crippen LogP contribution in [0.4, 0.5) is 0 Å². The highest BCUT2D eigenvalue weighted by molar-refractivity contribution is 6.27. The Morgan fingerprint density at radius 3 is 1.38 bits per heavy atom. The summed E-state index contributed by atoms with van der Waals surface area (Å²) in [7, 11) is 0. The summed E-state index contributed by atoms with van der Waals surface area (Å²) in [5, 5.41) is 48.4. The molecule has 8 rings (SSSR count). The van der Waals surface area contributed by atoms with E-state index in [0.717, 1.165) is 54.6 Å². The van der Waals surface area contributed by atoms with Gasteiger partial charge >= 0.3 is 0 Å². The quantitative estimate of drug-likeness (QED) is 0.254. The van der Waals surface area contributed by atoms with Crippen molar-refractivity contribution in [2.45, 2.75) is 48.8 Å². The normalized spacial score (nSPS) is 36.5. The molecule has 6 heteroatoms. The number of aliphatic hydroxyl groups excluding tert-OH is 4. The van der Waals surface area contributed by atoms with E-state index in [4.69, 9.17) is 9.47 Å².